The van der Waals surface area contributed by atoms with Gasteiger partial charge in [-0.05, 0) is 42.6 Å². The average Bonchev–Trinajstić information content (AvgIpc) is 3.56. The Labute approximate surface area is 210 Å². The molecule has 1 amide bonds. The van der Waals surface area contributed by atoms with Crippen LogP contribution in [0.4, 0.5) is 5.82 Å². The van der Waals surface area contributed by atoms with Crippen molar-refractivity contribution in [3.63, 3.8) is 0 Å². The molecular weight excluding hydrogens is 468 g/mol. The van der Waals surface area contributed by atoms with Gasteiger partial charge in [-0.3, -0.25) is 19.3 Å². The summed E-state index contributed by atoms with van der Waals surface area (Å²) < 4.78 is 3.09. The standard InChI is InChI=1S/C27H22N8O2/c1-16(31-26(36)23-24(28)33-34-14-6-12-29-25(23)34)21-15-17-7-5-10-19(20-11-13-30-32-20)22(17)27(37)35(21)18-8-3-2-4-9-18/h2-16H,1H3,(H2,28,33)(H,30,32)(H,31,36)/t16-/m0/s1. The van der Waals surface area contributed by atoms with Crippen LogP contribution in [0.2, 0.25) is 0 Å². The third-order valence-corrected chi connectivity index (χ3v) is 6.32. The van der Waals surface area contributed by atoms with Crippen LogP contribution in [0, 0.1) is 0 Å². The van der Waals surface area contributed by atoms with Crippen molar-refractivity contribution in [2.45, 2.75) is 13.0 Å². The molecule has 0 spiro atoms. The number of anilines is 1. The van der Waals surface area contributed by atoms with E-state index in [1.54, 1.807) is 29.2 Å². The maximum absolute atomic E-state index is 14.1. The minimum atomic E-state index is -0.557. The molecule has 1 atom stereocenters. The van der Waals surface area contributed by atoms with Crippen LogP contribution in [0.1, 0.15) is 29.0 Å². The van der Waals surface area contributed by atoms with Gasteiger partial charge in [0.25, 0.3) is 11.5 Å². The van der Waals surface area contributed by atoms with E-state index < -0.39 is 11.9 Å². The molecule has 2 aromatic carbocycles. The number of aromatic amines is 1. The number of hydrogen-bond acceptors (Lipinski definition) is 6. The Morgan fingerprint density at radius 1 is 1.05 bits per heavy atom. The van der Waals surface area contributed by atoms with Crippen molar-refractivity contribution in [3.05, 3.63) is 107 Å². The minimum absolute atomic E-state index is 0.0755. The Hall–Kier alpha value is -5.25. The summed E-state index contributed by atoms with van der Waals surface area (Å²) in [6.07, 6.45) is 4.90. The van der Waals surface area contributed by atoms with Crippen LogP contribution in [-0.4, -0.2) is 35.3 Å². The number of rotatable bonds is 5. The molecule has 0 aliphatic carbocycles. The molecule has 6 aromatic rings. The molecule has 0 unspecified atom stereocenters. The van der Waals surface area contributed by atoms with Crippen LogP contribution in [0.5, 0.6) is 0 Å². The predicted molar refractivity (Wildman–Crippen MR) is 140 cm³/mol. The van der Waals surface area contributed by atoms with Gasteiger partial charge in [0.1, 0.15) is 5.56 Å². The smallest absolute Gasteiger partial charge is 0.263 e. The number of hydrogen-bond donors (Lipinski definition) is 3. The van der Waals surface area contributed by atoms with Gasteiger partial charge in [0.05, 0.1) is 17.1 Å². The summed E-state index contributed by atoms with van der Waals surface area (Å²) >= 11 is 0. The normalized spacial score (nSPS) is 12.1. The van der Waals surface area contributed by atoms with Crippen molar-refractivity contribution < 1.29 is 4.79 Å². The second kappa shape index (κ2) is 8.76. The van der Waals surface area contributed by atoms with Gasteiger partial charge in [-0.2, -0.15) is 5.10 Å². The van der Waals surface area contributed by atoms with Gasteiger partial charge in [0.2, 0.25) is 0 Å². The number of benzene rings is 2. The summed E-state index contributed by atoms with van der Waals surface area (Å²) in [5.41, 5.74) is 9.17. The molecule has 4 N–H and O–H groups in total. The molecule has 10 nitrogen and oxygen atoms in total. The van der Waals surface area contributed by atoms with Crippen LogP contribution >= 0.6 is 0 Å². The van der Waals surface area contributed by atoms with E-state index in [4.69, 9.17) is 5.73 Å². The Bertz CT molecular complexity index is 1820. The number of nitrogens with one attached hydrogen (secondary N) is 2. The number of amides is 1. The van der Waals surface area contributed by atoms with E-state index in [-0.39, 0.29) is 16.9 Å². The molecule has 10 heteroatoms. The molecule has 182 valence electrons. The van der Waals surface area contributed by atoms with Crippen molar-refractivity contribution in [2.75, 3.05) is 5.73 Å². The fraction of sp³-hybridized carbons (Fsp3) is 0.0741. The molecule has 0 aliphatic heterocycles. The lowest BCUT2D eigenvalue weighted by Gasteiger charge is -2.21. The number of H-pyrrole nitrogens is 1. The zero-order valence-electron chi connectivity index (χ0n) is 19.8. The molecule has 4 heterocycles. The first-order valence-electron chi connectivity index (χ1n) is 11.7. The van der Waals surface area contributed by atoms with Crippen LogP contribution in [0.3, 0.4) is 0 Å². The lowest BCUT2D eigenvalue weighted by molar-refractivity contribution is 0.0941. The van der Waals surface area contributed by atoms with Crippen LogP contribution in [-0.2, 0) is 0 Å². The largest absolute Gasteiger partial charge is 0.381 e. The topological polar surface area (TPSA) is 136 Å². The molecular formula is C27H22N8O2. The molecule has 4 aromatic heterocycles. The van der Waals surface area contributed by atoms with E-state index in [2.05, 4.69) is 25.6 Å². The quantitative estimate of drug-likeness (QED) is 0.338. The Balaban J connectivity index is 1.51. The summed E-state index contributed by atoms with van der Waals surface area (Å²) in [4.78, 5) is 31.7. The summed E-state index contributed by atoms with van der Waals surface area (Å²) in [7, 11) is 0. The molecule has 0 fully saturated rings. The maximum atomic E-state index is 14.1. The lowest BCUT2D eigenvalue weighted by Crippen LogP contribution is -2.32. The van der Waals surface area contributed by atoms with Gasteiger partial charge in [-0.25, -0.2) is 9.50 Å². The van der Waals surface area contributed by atoms with Crippen molar-refractivity contribution >= 4 is 28.1 Å². The third-order valence-electron chi connectivity index (χ3n) is 6.32. The highest BCUT2D eigenvalue weighted by atomic mass is 16.2. The number of carbonyl (C=O) groups excluding carboxylic acids is 1. The summed E-state index contributed by atoms with van der Waals surface area (Å²) in [6.45, 7) is 1.83. The molecule has 0 saturated carbocycles. The fourth-order valence-corrected chi connectivity index (χ4v) is 4.64. The number of nitrogen functional groups attached to an aromatic ring is 1. The molecule has 0 bridgehead atoms. The molecule has 0 radical (unpaired) electrons. The number of fused-ring (bicyclic) bond motifs is 2. The van der Waals surface area contributed by atoms with E-state index in [0.717, 1.165) is 16.6 Å². The molecule has 0 aliphatic rings. The van der Waals surface area contributed by atoms with Crippen molar-refractivity contribution in [2.24, 2.45) is 0 Å². The Kier molecular flexibility index (Phi) is 5.26. The lowest BCUT2D eigenvalue weighted by atomic mass is 10.0. The van der Waals surface area contributed by atoms with Gasteiger partial charge in [-0.1, -0.05) is 36.4 Å². The summed E-state index contributed by atoms with van der Waals surface area (Å²) in [6, 6.07) is 19.9. The summed E-state index contributed by atoms with van der Waals surface area (Å²) in [5, 5.41) is 15.5. The second-order valence-electron chi connectivity index (χ2n) is 8.63. The number of aromatic nitrogens is 6. The number of carbonyl (C=O) groups is 1. The van der Waals surface area contributed by atoms with Crippen molar-refractivity contribution in [1.29, 1.82) is 0 Å². The van der Waals surface area contributed by atoms with Crippen molar-refractivity contribution in [1.82, 2.24) is 34.7 Å². The number of para-hydroxylation sites is 1. The number of pyridine rings is 1. The monoisotopic (exact) mass is 490 g/mol. The zero-order chi connectivity index (χ0) is 25.5. The second-order valence-corrected chi connectivity index (χ2v) is 8.63. The fourth-order valence-electron chi connectivity index (χ4n) is 4.64. The molecule has 37 heavy (non-hydrogen) atoms. The van der Waals surface area contributed by atoms with E-state index in [9.17, 15) is 9.59 Å². The summed E-state index contributed by atoms with van der Waals surface area (Å²) in [5.74, 6) is -0.358. The van der Waals surface area contributed by atoms with Gasteiger partial charge in [-0.15, -0.1) is 5.10 Å². The van der Waals surface area contributed by atoms with Crippen molar-refractivity contribution in [3.8, 4) is 16.9 Å². The van der Waals surface area contributed by atoms with Gasteiger partial charge in [0.15, 0.2) is 11.5 Å². The van der Waals surface area contributed by atoms with E-state index in [1.807, 2.05) is 67.6 Å². The van der Waals surface area contributed by atoms with E-state index in [0.29, 0.717) is 22.4 Å². The highest BCUT2D eigenvalue weighted by Crippen LogP contribution is 2.28. The van der Waals surface area contributed by atoms with Gasteiger partial charge < -0.3 is 11.1 Å². The third kappa shape index (κ3) is 3.71. The first-order chi connectivity index (χ1) is 18.0. The van der Waals surface area contributed by atoms with Crippen LogP contribution in [0.15, 0.2) is 90.1 Å². The first-order valence-corrected chi connectivity index (χ1v) is 11.7. The van der Waals surface area contributed by atoms with Gasteiger partial charge in [0, 0.05) is 35.5 Å². The SMILES string of the molecule is C[C@H](NC(=O)c1c(N)nn2cccnc12)c1cc2cccc(-c3ccn[nH]3)c2c(=O)n1-c1ccccc1. The van der Waals surface area contributed by atoms with E-state index >= 15 is 0 Å². The highest BCUT2D eigenvalue weighted by Gasteiger charge is 2.24. The highest BCUT2D eigenvalue weighted by molar-refractivity contribution is 6.04. The number of nitrogens with zero attached hydrogens (tertiary/aromatic N) is 5. The first kappa shape index (κ1) is 22.2. The average molecular weight is 491 g/mol. The maximum Gasteiger partial charge on any atom is 0.263 e. The van der Waals surface area contributed by atoms with E-state index in [1.165, 1.54) is 4.52 Å². The van der Waals surface area contributed by atoms with Gasteiger partial charge >= 0.3 is 0 Å². The minimum Gasteiger partial charge on any atom is -0.381 e. The molecule has 0 saturated heterocycles. The number of nitrogens with two attached hydrogens (primary N) is 1. The molecule has 6 rings (SSSR count). The van der Waals surface area contributed by atoms with Crippen LogP contribution < -0.4 is 16.6 Å². The Morgan fingerprint density at radius 3 is 2.68 bits per heavy atom. The zero-order valence-corrected chi connectivity index (χ0v) is 19.8. The Morgan fingerprint density at radius 2 is 1.89 bits per heavy atom. The van der Waals surface area contributed by atoms with Crippen LogP contribution in [0.25, 0.3) is 33.4 Å². The predicted octanol–water partition coefficient (Wildman–Crippen LogP) is 3.50.